The number of Topliss-reactive ketones (excluding diaryl/α,β-unsaturated/α-hetero) is 1. The first-order valence-electron chi connectivity index (χ1n) is 9.35. The van der Waals surface area contributed by atoms with E-state index < -0.39 is 10.0 Å². The molecular weight excluding hydrogens is 366 g/mol. The summed E-state index contributed by atoms with van der Waals surface area (Å²) in [6.07, 6.45) is 2.89. The van der Waals surface area contributed by atoms with Gasteiger partial charge in [0.2, 0.25) is 15.9 Å². The molecule has 1 aromatic rings. The molecule has 1 aliphatic rings. The van der Waals surface area contributed by atoms with Gasteiger partial charge >= 0.3 is 0 Å². The highest BCUT2D eigenvalue weighted by Gasteiger charge is 2.21. The number of carbonyl (C=O) groups is 2. The van der Waals surface area contributed by atoms with Crippen molar-refractivity contribution >= 4 is 21.7 Å². The van der Waals surface area contributed by atoms with Gasteiger partial charge in [-0.05, 0) is 57.3 Å². The van der Waals surface area contributed by atoms with Gasteiger partial charge in [-0.15, -0.1) is 0 Å². The van der Waals surface area contributed by atoms with E-state index in [1.54, 1.807) is 0 Å². The molecule has 2 rings (SSSR count). The van der Waals surface area contributed by atoms with Gasteiger partial charge in [-0.1, -0.05) is 12.1 Å². The van der Waals surface area contributed by atoms with Crippen LogP contribution in [0.4, 0.5) is 0 Å². The molecule has 1 fully saturated rings. The zero-order valence-corrected chi connectivity index (χ0v) is 16.8. The summed E-state index contributed by atoms with van der Waals surface area (Å²) in [4.78, 5) is 23.3. The Morgan fingerprint density at radius 2 is 1.96 bits per heavy atom. The van der Waals surface area contributed by atoms with Crippen molar-refractivity contribution < 1.29 is 18.0 Å². The monoisotopic (exact) mass is 395 g/mol. The van der Waals surface area contributed by atoms with Crippen LogP contribution < -0.4 is 10.6 Å². The molecule has 27 heavy (non-hydrogen) atoms. The smallest absolute Gasteiger partial charge is 0.242 e. The van der Waals surface area contributed by atoms with E-state index in [0.29, 0.717) is 30.9 Å². The molecule has 1 amide bonds. The highest BCUT2D eigenvalue weighted by Crippen LogP contribution is 2.16. The number of nitrogens with one attached hydrogen (secondary N) is 2. The van der Waals surface area contributed by atoms with Crippen LogP contribution in [-0.2, 0) is 14.8 Å². The van der Waals surface area contributed by atoms with Gasteiger partial charge < -0.3 is 10.6 Å². The van der Waals surface area contributed by atoms with Gasteiger partial charge in [-0.25, -0.2) is 12.7 Å². The summed E-state index contributed by atoms with van der Waals surface area (Å²) < 4.78 is 26.3. The topological polar surface area (TPSA) is 95.6 Å². The van der Waals surface area contributed by atoms with Gasteiger partial charge in [0.1, 0.15) is 0 Å². The van der Waals surface area contributed by atoms with Crippen molar-refractivity contribution in [1.82, 2.24) is 14.9 Å². The summed E-state index contributed by atoms with van der Waals surface area (Å²) in [6, 6.07) is 5.90. The zero-order chi connectivity index (χ0) is 19.9. The predicted octanol–water partition coefficient (Wildman–Crippen LogP) is 1.41. The van der Waals surface area contributed by atoms with Gasteiger partial charge in [-0.2, -0.15) is 0 Å². The number of ketones is 1. The largest absolute Gasteiger partial charge is 0.356 e. The van der Waals surface area contributed by atoms with E-state index in [9.17, 15) is 18.0 Å². The number of benzene rings is 1. The van der Waals surface area contributed by atoms with Crippen LogP contribution in [0.3, 0.4) is 0 Å². The lowest BCUT2D eigenvalue weighted by Crippen LogP contribution is -2.30. The van der Waals surface area contributed by atoms with Crippen molar-refractivity contribution in [3.63, 3.8) is 0 Å². The van der Waals surface area contributed by atoms with Crippen molar-refractivity contribution in [3.8, 4) is 0 Å². The van der Waals surface area contributed by atoms with Gasteiger partial charge in [0, 0.05) is 32.1 Å². The Hall–Kier alpha value is -1.77. The Kier molecular flexibility index (Phi) is 7.94. The van der Waals surface area contributed by atoms with Gasteiger partial charge in [-0.3, -0.25) is 9.59 Å². The first-order valence-corrected chi connectivity index (χ1v) is 10.8. The fourth-order valence-corrected chi connectivity index (χ4v) is 4.30. The number of sulfonamides is 1. The summed E-state index contributed by atoms with van der Waals surface area (Å²) in [6.45, 7) is 4.44. The Labute approximate surface area is 161 Å². The molecule has 1 saturated heterocycles. The number of nitrogens with zero attached hydrogens (tertiary/aromatic N) is 1. The molecule has 150 valence electrons. The van der Waals surface area contributed by atoms with E-state index >= 15 is 0 Å². The van der Waals surface area contributed by atoms with Crippen molar-refractivity contribution in [2.75, 3.05) is 33.2 Å². The van der Waals surface area contributed by atoms with Crippen LogP contribution >= 0.6 is 0 Å². The summed E-state index contributed by atoms with van der Waals surface area (Å²) in [5.74, 6) is 0.482. The highest BCUT2D eigenvalue weighted by atomic mass is 32.2. The molecule has 1 aromatic carbocycles. The summed E-state index contributed by atoms with van der Waals surface area (Å²) >= 11 is 0. The molecular formula is C19H29N3O4S. The molecule has 0 saturated carbocycles. The minimum absolute atomic E-state index is 0.0439. The molecule has 2 N–H and O–H groups in total. The first-order chi connectivity index (χ1) is 12.8. The van der Waals surface area contributed by atoms with Crippen molar-refractivity contribution in [2.45, 2.75) is 37.5 Å². The third kappa shape index (κ3) is 6.41. The Morgan fingerprint density at radius 3 is 2.56 bits per heavy atom. The molecule has 0 spiro atoms. The molecule has 0 radical (unpaired) electrons. The number of rotatable bonds is 10. The molecule has 0 aromatic heterocycles. The average molecular weight is 396 g/mol. The van der Waals surface area contributed by atoms with Gasteiger partial charge in [0.25, 0.3) is 0 Å². The number of carbonyl (C=O) groups excluding carboxylic acids is 2. The van der Waals surface area contributed by atoms with E-state index in [2.05, 4.69) is 10.6 Å². The Bertz CT molecular complexity index is 741. The van der Waals surface area contributed by atoms with Crippen LogP contribution in [0.1, 0.15) is 43.0 Å². The van der Waals surface area contributed by atoms with Crippen molar-refractivity contribution in [1.29, 1.82) is 0 Å². The maximum Gasteiger partial charge on any atom is 0.242 e. The lowest BCUT2D eigenvalue weighted by atomic mass is 10.1. The Balaban J connectivity index is 1.73. The normalized spacial score (nSPS) is 17.2. The maximum absolute atomic E-state index is 12.5. The lowest BCUT2D eigenvalue weighted by Gasteiger charge is -2.17. The second kappa shape index (κ2) is 9.96. The molecule has 7 nitrogen and oxygen atoms in total. The van der Waals surface area contributed by atoms with E-state index in [1.165, 1.54) is 42.5 Å². The van der Waals surface area contributed by atoms with Crippen LogP contribution in [-0.4, -0.2) is 57.6 Å². The molecule has 8 heteroatoms. The first kappa shape index (κ1) is 21.5. The van der Waals surface area contributed by atoms with Crippen LogP contribution in [0.2, 0.25) is 0 Å². The highest BCUT2D eigenvalue weighted by molar-refractivity contribution is 7.89. The lowest BCUT2D eigenvalue weighted by molar-refractivity contribution is -0.121. The minimum atomic E-state index is -3.62. The summed E-state index contributed by atoms with van der Waals surface area (Å²) in [5, 5.41) is 6.21. The van der Waals surface area contributed by atoms with E-state index in [0.717, 1.165) is 25.9 Å². The molecule has 1 atom stereocenters. The second-order valence-electron chi connectivity index (χ2n) is 7.01. The fraction of sp³-hybridized carbons (Fsp3) is 0.579. The predicted molar refractivity (Wildman–Crippen MR) is 104 cm³/mol. The number of hydrogen-bond acceptors (Lipinski definition) is 5. The van der Waals surface area contributed by atoms with Crippen LogP contribution in [0.5, 0.6) is 0 Å². The average Bonchev–Trinajstić information content (AvgIpc) is 3.15. The van der Waals surface area contributed by atoms with E-state index in [-0.39, 0.29) is 23.1 Å². The molecule has 1 unspecified atom stereocenters. The third-order valence-electron chi connectivity index (χ3n) is 4.88. The van der Waals surface area contributed by atoms with Crippen molar-refractivity contribution in [3.05, 3.63) is 29.8 Å². The van der Waals surface area contributed by atoms with Gasteiger partial charge in [0.05, 0.1) is 4.90 Å². The maximum atomic E-state index is 12.5. The molecule has 1 aliphatic heterocycles. The molecule has 0 bridgehead atoms. The van der Waals surface area contributed by atoms with Crippen molar-refractivity contribution in [2.24, 2.45) is 5.92 Å². The molecule has 1 heterocycles. The number of hydrogen-bond donors (Lipinski definition) is 2. The van der Waals surface area contributed by atoms with E-state index in [4.69, 9.17) is 0 Å². The van der Waals surface area contributed by atoms with E-state index in [1.807, 2.05) is 0 Å². The quantitative estimate of drug-likeness (QED) is 0.584. The second-order valence-corrected chi connectivity index (χ2v) is 9.05. The SMILES string of the molecule is CC(=O)c1ccc(S(=O)(=O)N(C)CCCC(=O)NCCC2CCNC2)cc1. The molecule has 0 aliphatic carbocycles. The van der Waals surface area contributed by atoms with Gasteiger partial charge in [0.15, 0.2) is 5.78 Å². The number of amides is 1. The van der Waals surface area contributed by atoms with Crippen LogP contribution in [0.15, 0.2) is 29.2 Å². The third-order valence-corrected chi connectivity index (χ3v) is 6.75. The standard InChI is InChI=1S/C19H29N3O4S/c1-15(23)17-5-7-18(8-6-17)27(25,26)22(2)13-3-4-19(24)21-12-10-16-9-11-20-14-16/h5-8,16,20H,3-4,9-14H2,1-2H3,(H,21,24). The van der Waals surface area contributed by atoms with Crippen LogP contribution in [0.25, 0.3) is 0 Å². The zero-order valence-electron chi connectivity index (χ0n) is 16.0. The minimum Gasteiger partial charge on any atom is -0.356 e. The Morgan fingerprint density at radius 1 is 1.26 bits per heavy atom. The summed E-state index contributed by atoms with van der Waals surface area (Å²) in [7, 11) is -2.12. The van der Waals surface area contributed by atoms with Crippen LogP contribution in [0, 0.1) is 5.92 Å². The summed E-state index contributed by atoms with van der Waals surface area (Å²) in [5.41, 5.74) is 0.474. The fourth-order valence-electron chi connectivity index (χ4n) is 3.09.